The van der Waals surface area contributed by atoms with Gasteiger partial charge in [0.25, 0.3) is 0 Å². The van der Waals surface area contributed by atoms with Crippen molar-refractivity contribution in [3.8, 4) is 0 Å². The van der Waals surface area contributed by atoms with Crippen LogP contribution in [0.15, 0.2) is 60.7 Å². The van der Waals surface area contributed by atoms with Gasteiger partial charge in [-0.05, 0) is 11.1 Å². The minimum absolute atomic E-state index is 0.0256. The van der Waals surface area contributed by atoms with E-state index in [1.165, 1.54) is 5.56 Å². The molecule has 2 heteroatoms. The van der Waals surface area contributed by atoms with Crippen LogP contribution in [0, 0.1) is 0 Å². The van der Waals surface area contributed by atoms with E-state index >= 15 is 0 Å². The molecule has 18 heavy (non-hydrogen) atoms. The lowest BCUT2D eigenvalue weighted by molar-refractivity contribution is -0.174. The molecule has 0 unspecified atom stereocenters. The third-order valence-corrected chi connectivity index (χ3v) is 3.33. The molecular weight excluding hydrogens is 224 g/mol. The topological polar surface area (TPSA) is 26.3 Å². The molecular formula is C16H14O2. The van der Waals surface area contributed by atoms with Crippen LogP contribution in [-0.4, -0.2) is 12.1 Å². The molecule has 0 amide bonds. The van der Waals surface area contributed by atoms with Crippen LogP contribution in [0.3, 0.4) is 0 Å². The number of carbonyl (C=O) groups excluding carboxylic acids is 1. The van der Waals surface area contributed by atoms with Gasteiger partial charge in [-0.15, -0.1) is 0 Å². The number of cyclic esters (lactones) is 1. The van der Waals surface area contributed by atoms with Gasteiger partial charge >= 0.3 is 5.97 Å². The summed E-state index contributed by atoms with van der Waals surface area (Å²) in [5.74, 6) is -0.214. The fourth-order valence-corrected chi connectivity index (χ4v) is 2.39. The number of ether oxygens (including phenoxy) is 1. The molecule has 0 bridgehead atoms. The van der Waals surface area contributed by atoms with Crippen molar-refractivity contribution < 1.29 is 9.53 Å². The summed E-state index contributed by atoms with van der Waals surface area (Å²) in [4.78, 5) is 11.6. The highest BCUT2D eigenvalue weighted by Gasteiger charge is 2.43. The number of esters is 1. The highest BCUT2D eigenvalue weighted by molar-refractivity contribution is 5.84. The van der Waals surface area contributed by atoms with Crippen molar-refractivity contribution in [3.63, 3.8) is 0 Å². The summed E-state index contributed by atoms with van der Waals surface area (Å²) in [6, 6.07) is 20.0. The highest BCUT2D eigenvalue weighted by Crippen LogP contribution is 2.34. The second-order valence-corrected chi connectivity index (χ2v) is 4.55. The maximum atomic E-state index is 11.6. The predicted molar refractivity (Wildman–Crippen MR) is 69.2 cm³/mol. The van der Waals surface area contributed by atoms with Gasteiger partial charge in [-0.1, -0.05) is 60.7 Å². The average Bonchev–Trinajstić information content (AvgIpc) is 2.40. The van der Waals surface area contributed by atoms with Gasteiger partial charge < -0.3 is 4.74 Å². The number of hydrogen-bond acceptors (Lipinski definition) is 2. The van der Waals surface area contributed by atoms with Crippen LogP contribution >= 0.6 is 0 Å². The van der Waals surface area contributed by atoms with E-state index in [1.807, 2.05) is 48.5 Å². The van der Waals surface area contributed by atoms with Gasteiger partial charge in [0.1, 0.15) is 12.0 Å². The summed E-state index contributed by atoms with van der Waals surface area (Å²) in [6.07, 6.45) is 0.758. The Labute approximate surface area is 106 Å². The number of hydrogen-bond donors (Lipinski definition) is 0. The molecule has 1 aliphatic heterocycles. The molecule has 2 aromatic carbocycles. The van der Waals surface area contributed by atoms with E-state index in [4.69, 9.17) is 4.74 Å². The number of benzene rings is 2. The van der Waals surface area contributed by atoms with Gasteiger partial charge in [0.2, 0.25) is 0 Å². The van der Waals surface area contributed by atoms with Crippen LogP contribution in [0.4, 0.5) is 0 Å². The monoisotopic (exact) mass is 238 g/mol. The standard InChI is InChI=1S/C16H14O2/c17-16-15(13-9-5-2-6-10-13)14(18-16)11-12-7-3-1-4-8-12/h1-10,14-15H,11H2/t14-,15-/m0/s1. The van der Waals surface area contributed by atoms with Crippen LogP contribution in [0.5, 0.6) is 0 Å². The van der Waals surface area contributed by atoms with Crippen LogP contribution in [0.25, 0.3) is 0 Å². The Balaban J connectivity index is 1.77. The molecule has 90 valence electrons. The SMILES string of the molecule is O=C1O[C@@H](Cc2ccccc2)[C@@H]1c1ccccc1. The van der Waals surface area contributed by atoms with Crippen molar-refractivity contribution in [2.45, 2.75) is 18.4 Å². The quantitative estimate of drug-likeness (QED) is 0.768. The Morgan fingerprint density at radius 1 is 0.889 bits per heavy atom. The molecule has 2 atom stereocenters. The van der Waals surface area contributed by atoms with E-state index in [2.05, 4.69) is 12.1 Å². The molecule has 2 aromatic rings. The normalized spacial score (nSPS) is 22.1. The lowest BCUT2D eigenvalue weighted by Gasteiger charge is -2.35. The van der Waals surface area contributed by atoms with E-state index in [9.17, 15) is 4.79 Å². The van der Waals surface area contributed by atoms with Gasteiger partial charge in [-0.2, -0.15) is 0 Å². The summed E-state index contributed by atoms with van der Waals surface area (Å²) >= 11 is 0. The molecule has 0 radical (unpaired) electrons. The van der Waals surface area contributed by atoms with Gasteiger partial charge in [-0.3, -0.25) is 4.79 Å². The van der Waals surface area contributed by atoms with E-state index in [-0.39, 0.29) is 18.0 Å². The van der Waals surface area contributed by atoms with Crippen molar-refractivity contribution in [2.75, 3.05) is 0 Å². The zero-order valence-electron chi connectivity index (χ0n) is 9.95. The number of rotatable bonds is 3. The molecule has 0 aliphatic carbocycles. The summed E-state index contributed by atoms with van der Waals surface area (Å²) in [5, 5.41) is 0. The Morgan fingerprint density at radius 3 is 2.11 bits per heavy atom. The highest BCUT2D eigenvalue weighted by atomic mass is 16.6. The lowest BCUT2D eigenvalue weighted by Crippen LogP contribution is -2.44. The summed E-state index contributed by atoms with van der Waals surface area (Å²) < 4.78 is 5.27. The Hall–Kier alpha value is -2.09. The van der Waals surface area contributed by atoms with Crippen LogP contribution in [0.1, 0.15) is 17.0 Å². The second-order valence-electron chi connectivity index (χ2n) is 4.55. The molecule has 1 saturated heterocycles. The zero-order chi connectivity index (χ0) is 12.4. The molecule has 0 aromatic heterocycles. The summed E-state index contributed by atoms with van der Waals surface area (Å²) in [7, 11) is 0. The molecule has 1 fully saturated rings. The lowest BCUT2D eigenvalue weighted by atomic mass is 9.85. The predicted octanol–water partition coefficient (Wildman–Crippen LogP) is 2.94. The minimum atomic E-state index is -0.109. The molecule has 1 heterocycles. The fraction of sp³-hybridized carbons (Fsp3) is 0.188. The number of carbonyl (C=O) groups is 1. The molecule has 2 nitrogen and oxygen atoms in total. The van der Waals surface area contributed by atoms with Gasteiger partial charge in [-0.25, -0.2) is 0 Å². The van der Waals surface area contributed by atoms with Crippen LogP contribution in [0.2, 0.25) is 0 Å². The van der Waals surface area contributed by atoms with Crippen LogP contribution < -0.4 is 0 Å². The van der Waals surface area contributed by atoms with E-state index in [0.717, 1.165) is 12.0 Å². The molecule has 0 spiro atoms. The van der Waals surface area contributed by atoms with Crippen molar-refractivity contribution in [3.05, 3.63) is 71.8 Å². The Kier molecular flexibility index (Phi) is 2.85. The van der Waals surface area contributed by atoms with Gasteiger partial charge in [0.15, 0.2) is 0 Å². The molecule has 1 aliphatic rings. The average molecular weight is 238 g/mol. The smallest absolute Gasteiger partial charge is 0.317 e. The zero-order valence-corrected chi connectivity index (χ0v) is 9.95. The van der Waals surface area contributed by atoms with E-state index in [1.54, 1.807) is 0 Å². The molecule has 0 N–H and O–H groups in total. The first-order valence-electron chi connectivity index (χ1n) is 6.14. The molecule has 0 saturated carbocycles. The van der Waals surface area contributed by atoms with Gasteiger partial charge in [0, 0.05) is 6.42 Å². The van der Waals surface area contributed by atoms with Crippen molar-refractivity contribution >= 4 is 5.97 Å². The van der Waals surface area contributed by atoms with Crippen molar-refractivity contribution in [1.82, 2.24) is 0 Å². The Bertz CT molecular complexity index is 534. The largest absolute Gasteiger partial charge is 0.460 e. The van der Waals surface area contributed by atoms with E-state index in [0.29, 0.717) is 0 Å². The Morgan fingerprint density at radius 2 is 1.50 bits per heavy atom. The van der Waals surface area contributed by atoms with Crippen LogP contribution in [-0.2, 0) is 16.0 Å². The van der Waals surface area contributed by atoms with Gasteiger partial charge in [0.05, 0.1) is 0 Å². The fourth-order valence-electron chi connectivity index (χ4n) is 2.39. The first-order chi connectivity index (χ1) is 8.84. The minimum Gasteiger partial charge on any atom is -0.460 e. The maximum absolute atomic E-state index is 11.6. The maximum Gasteiger partial charge on any atom is 0.317 e. The molecule has 3 rings (SSSR count). The first-order valence-corrected chi connectivity index (χ1v) is 6.14. The summed E-state index contributed by atoms with van der Waals surface area (Å²) in [6.45, 7) is 0. The van der Waals surface area contributed by atoms with Crippen molar-refractivity contribution in [2.24, 2.45) is 0 Å². The summed E-state index contributed by atoms with van der Waals surface area (Å²) in [5.41, 5.74) is 2.26. The third-order valence-electron chi connectivity index (χ3n) is 3.33. The van der Waals surface area contributed by atoms with E-state index < -0.39 is 0 Å². The van der Waals surface area contributed by atoms with Crippen molar-refractivity contribution in [1.29, 1.82) is 0 Å². The second kappa shape index (κ2) is 4.65. The third kappa shape index (κ3) is 2.02. The first kappa shape index (κ1) is 11.0.